The molecule has 0 saturated heterocycles. The SMILES string of the molecule is CCCCCCCCCCCCCCCCCCCCC(O)C(CO)NC(=O)CCCCCCCCC/C=C\CCCCCCCCCCCOC(=O)CCCCCCCCCCCCCCCCC. The van der Waals surface area contributed by atoms with Gasteiger partial charge in [-0.05, 0) is 51.4 Å². The van der Waals surface area contributed by atoms with E-state index in [9.17, 15) is 19.8 Å². The summed E-state index contributed by atoms with van der Waals surface area (Å²) in [7, 11) is 0. The number of esters is 1. The van der Waals surface area contributed by atoms with Crippen molar-refractivity contribution in [2.75, 3.05) is 13.2 Å². The average molecular weight is 989 g/mol. The first kappa shape index (κ1) is 68.6. The number of hydrogen-bond donors (Lipinski definition) is 3. The Balaban J connectivity index is 3.41. The number of carbonyl (C=O) groups excluding carboxylic acids is 2. The molecule has 0 aliphatic carbocycles. The monoisotopic (exact) mass is 988 g/mol. The Morgan fingerprint density at radius 2 is 0.671 bits per heavy atom. The van der Waals surface area contributed by atoms with Crippen molar-refractivity contribution in [2.45, 2.75) is 373 Å². The van der Waals surface area contributed by atoms with E-state index in [1.165, 1.54) is 289 Å². The number of allylic oxidation sites excluding steroid dienone is 2. The van der Waals surface area contributed by atoms with Gasteiger partial charge >= 0.3 is 5.97 Å². The van der Waals surface area contributed by atoms with Gasteiger partial charge in [0.15, 0.2) is 0 Å². The lowest BCUT2D eigenvalue weighted by atomic mass is 10.0. The maximum Gasteiger partial charge on any atom is 0.305 e. The minimum Gasteiger partial charge on any atom is -0.466 e. The number of ether oxygens (including phenoxy) is 1. The highest BCUT2D eigenvalue weighted by molar-refractivity contribution is 5.76. The maximum atomic E-state index is 12.5. The van der Waals surface area contributed by atoms with Gasteiger partial charge in [0.1, 0.15) is 0 Å². The molecule has 6 heteroatoms. The van der Waals surface area contributed by atoms with Gasteiger partial charge in [-0.2, -0.15) is 0 Å². The third kappa shape index (κ3) is 55.9. The molecule has 0 aliphatic rings. The lowest BCUT2D eigenvalue weighted by Gasteiger charge is -2.22. The summed E-state index contributed by atoms with van der Waals surface area (Å²) in [6.45, 7) is 4.98. The van der Waals surface area contributed by atoms with Gasteiger partial charge < -0.3 is 20.3 Å². The molecule has 0 bridgehead atoms. The van der Waals surface area contributed by atoms with Gasteiger partial charge in [-0.3, -0.25) is 9.59 Å². The second-order valence-corrected chi connectivity index (χ2v) is 22.1. The Labute approximate surface area is 438 Å². The highest BCUT2D eigenvalue weighted by Gasteiger charge is 2.20. The van der Waals surface area contributed by atoms with Crippen molar-refractivity contribution in [1.82, 2.24) is 5.32 Å². The first-order valence-electron chi connectivity index (χ1n) is 31.9. The zero-order valence-corrected chi connectivity index (χ0v) is 47.5. The molecule has 2 atom stereocenters. The first-order valence-corrected chi connectivity index (χ1v) is 31.9. The number of amides is 1. The molecule has 0 aromatic carbocycles. The lowest BCUT2D eigenvalue weighted by molar-refractivity contribution is -0.143. The van der Waals surface area contributed by atoms with Crippen molar-refractivity contribution in [3.05, 3.63) is 12.2 Å². The standard InChI is InChI=1S/C64H125NO5/c1-3-5-7-9-11-13-15-17-19-20-25-29-32-36-40-44-48-52-56-62(67)61(60-66)65-63(68)57-53-49-45-41-37-33-30-26-23-21-22-24-27-31-35-39-43-47-51-55-59-70-64(69)58-54-50-46-42-38-34-28-18-16-14-12-10-8-6-4-2/h21,23,61-62,66-67H,3-20,22,24-60H2,1-2H3,(H,65,68)/b23-21-. The highest BCUT2D eigenvalue weighted by atomic mass is 16.5. The molecule has 70 heavy (non-hydrogen) atoms. The normalized spacial score (nSPS) is 12.6. The summed E-state index contributed by atoms with van der Waals surface area (Å²) in [5, 5.41) is 23.3. The predicted molar refractivity (Wildman–Crippen MR) is 306 cm³/mol. The van der Waals surface area contributed by atoms with E-state index in [1.54, 1.807) is 0 Å². The molecular formula is C64H125NO5. The van der Waals surface area contributed by atoms with E-state index >= 15 is 0 Å². The number of aliphatic hydroxyl groups is 2. The van der Waals surface area contributed by atoms with Gasteiger partial charge in [0.05, 0.1) is 25.4 Å². The zero-order valence-electron chi connectivity index (χ0n) is 47.5. The summed E-state index contributed by atoms with van der Waals surface area (Å²) < 4.78 is 5.49. The lowest BCUT2D eigenvalue weighted by Crippen LogP contribution is -2.45. The van der Waals surface area contributed by atoms with E-state index in [0.717, 1.165) is 38.5 Å². The van der Waals surface area contributed by atoms with E-state index in [4.69, 9.17) is 4.74 Å². The fourth-order valence-corrected chi connectivity index (χ4v) is 10.2. The highest BCUT2D eigenvalue weighted by Crippen LogP contribution is 2.18. The van der Waals surface area contributed by atoms with Crippen LogP contribution in [0.4, 0.5) is 0 Å². The molecule has 1 amide bonds. The Hall–Kier alpha value is -1.40. The summed E-state index contributed by atoms with van der Waals surface area (Å²) in [6.07, 6.45) is 72.2. The van der Waals surface area contributed by atoms with Crippen molar-refractivity contribution in [3.8, 4) is 0 Å². The minimum absolute atomic E-state index is 0.0100. The van der Waals surface area contributed by atoms with E-state index in [0.29, 0.717) is 25.9 Å². The van der Waals surface area contributed by atoms with Crippen LogP contribution in [-0.4, -0.2) is 47.4 Å². The number of aliphatic hydroxyl groups excluding tert-OH is 2. The van der Waals surface area contributed by atoms with Crippen LogP contribution in [0.1, 0.15) is 361 Å². The van der Waals surface area contributed by atoms with Crippen LogP contribution < -0.4 is 5.32 Å². The number of unbranched alkanes of at least 4 members (excludes halogenated alkanes) is 47. The summed E-state index contributed by atoms with van der Waals surface area (Å²) >= 11 is 0. The van der Waals surface area contributed by atoms with Gasteiger partial charge in [0.2, 0.25) is 5.91 Å². The summed E-state index contributed by atoms with van der Waals surface area (Å²) in [6, 6.07) is -0.547. The molecule has 0 aliphatic heterocycles. The number of hydrogen-bond acceptors (Lipinski definition) is 5. The molecule has 0 radical (unpaired) electrons. The third-order valence-corrected chi connectivity index (χ3v) is 15.1. The van der Waals surface area contributed by atoms with Crippen LogP contribution >= 0.6 is 0 Å². The van der Waals surface area contributed by atoms with Crippen LogP contribution in [0.3, 0.4) is 0 Å². The van der Waals surface area contributed by atoms with Crippen molar-refractivity contribution < 1.29 is 24.5 Å². The fourth-order valence-electron chi connectivity index (χ4n) is 10.2. The molecule has 416 valence electrons. The maximum absolute atomic E-state index is 12.5. The van der Waals surface area contributed by atoms with E-state index in [2.05, 4.69) is 31.3 Å². The van der Waals surface area contributed by atoms with Gasteiger partial charge in [0.25, 0.3) is 0 Å². The summed E-state index contributed by atoms with van der Waals surface area (Å²) in [4.78, 5) is 24.6. The Kier molecular flexibility index (Phi) is 59.0. The first-order chi connectivity index (χ1) is 34.5. The van der Waals surface area contributed by atoms with E-state index in [1.807, 2.05) is 0 Å². The molecule has 6 nitrogen and oxygen atoms in total. The van der Waals surface area contributed by atoms with Gasteiger partial charge in [-0.25, -0.2) is 0 Å². The van der Waals surface area contributed by atoms with E-state index < -0.39 is 12.1 Å². The molecular weight excluding hydrogens is 863 g/mol. The number of carbonyl (C=O) groups is 2. The topological polar surface area (TPSA) is 95.9 Å². The van der Waals surface area contributed by atoms with Crippen molar-refractivity contribution in [3.63, 3.8) is 0 Å². The largest absolute Gasteiger partial charge is 0.466 e. The number of rotatable bonds is 60. The van der Waals surface area contributed by atoms with Gasteiger partial charge in [-0.1, -0.05) is 309 Å². The molecule has 0 rings (SSSR count). The van der Waals surface area contributed by atoms with Gasteiger partial charge in [0, 0.05) is 12.8 Å². The van der Waals surface area contributed by atoms with Crippen molar-refractivity contribution in [2.24, 2.45) is 0 Å². The smallest absolute Gasteiger partial charge is 0.305 e. The molecule has 0 heterocycles. The Morgan fingerprint density at radius 3 is 1.01 bits per heavy atom. The van der Waals surface area contributed by atoms with Crippen LogP contribution in [0.2, 0.25) is 0 Å². The molecule has 2 unspecified atom stereocenters. The van der Waals surface area contributed by atoms with Crippen LogP contribution in [0.5, 0.6) is 0 Å². The zero-order chi connectivity index (χ0) is 50.7. The van der Waals surface area contributed by atoms with E-state index in [-0.39, 0.29) is 18.5 Å². The fraction of sp³-hybridized carbons (Fsp3) is 0.938. The predicted octanol–water partition coefficient (Wildman–Crippen LogP) is 20.0. The van der Waals surface area contributed by atoms with Gasteiger partial charge in [-0.15, -0.1) is 0 Å². The second-order valence-electron chi connectivity index (χ2n) is 22.1. The average Bonchev–Trinajstić information content (AvgIpc) is 3.36. The molecule has 0 spiro atoms. The number of nitrogens with one attached hydrogen (secondary N) is 1. The molecule has 0 aromatic heterocycles. The van der Waals surface area contributed by atoms with Crippen LogP contribution in [0.25, 0.3) is 0 Å². The quantitative estimate of drug-likeness (QED) is 0.0321. The van der Waals surface area contributed by atoms with Crippen LogP contribution in [-0.2, 0) is 14.3 Å². The Morgan fingerprint density at radius 1 is 0.386 bits per heavy atom. The van der Waals surface area contributed by atoms with Crippen LogP contribution in [0.15, 0.2) is 12.2 Å². The Bertz CT molecular complexity index is 1050. The molecule has 0 fully saturated rings. The molecule has 0 aromatic rings. The summed E-state index contributed by atoms with van der Waals surface area (Å²) in [5.74, 6) is -0.0301. The van der Waals surface area contributed by atoms with Crippen LogP contribution in [0, 0.1) is 0 Å². The minimum atomic E-state index is -0.669. The summed E-state index contributed by atoms with van der Waals surface area (Å²) in [5.41, 5.74) is 0. The molecule has 0 saturated carbocycles. The van der Waals surface area contributed by atoms with Crippen molar-refractivity contribution in [1.29, 1.82) is 0 Å². The third-order valence-electron chi connectivity index (χ3n) is 15.1. The van der Waals surface area contributed by atoms with Crippen molar-refractivity contribution >= 4 is 11.9 Å². The molecule has 3 N–H and O–H groups in total. The second kappa shape index (κ2) is 60.2.